The van der Waals surface area contributed by atoms with E-state index < -0.39 is 0 Å². The number of nitrogens with one attached hydrogen (secondary N) is 1. The van der Waals surface area contributed by atoms with Gasteiger partial charge in [0.15, 0.2) is 11.5 Å². The first-order chi connectivity index (χ1) is 9.24. The minimum absolute atomic E-state index is 0.225. The Morgan fingerprint density at radius 2 is 2.32 bits per heavy atom. The van der Waals surface area contributed by atoms with Gasteiger partial charge in [0.25, 0.3) is 0 Å². The highest BCUT2D eigenvalue weighted by atomic mass is 32.1. The van der Waals surface area contributed by atoms with E-state index in [1.807, 2.05) is 19.1 Å². The van der Waals surface area contributed by atoms with Crippen molar-refractivity contribution in [2.45, 2.75) is 26.4 Å². The van der Waals surface area contributed by atoms with Gasteiger partial charge < -0.3 is 14.8 Å². The van der Waals surface area contributed by atoms with Gasteiger partial charge in [0.1, 0.15) is 0 Å². The summed E-state index contributed by atoms with van der Waals surface area (Å²) < 4.78 is 10.9. The standard InChI is InChI=1S/C14H16N2O2S/c1-9(12-7-19-10(2)16-12)15-6-11-4-3-5-13-14(11)18-8-17-13/h3-5,7,9,15H,6,8H2,1-2H3. The highest BCUT2D eigenvalue weighted by molar-refractivity contribution is 7.09. The van der Waals surface area contributed by atoms with E-state index in [2.05, 4.69) is 28.7 Å². The first kappa shape index (κ1) is 12.4. The summed E-state index contributed by atoms with van der Waals surface area (Å²) in [6.07, 6.45) is 0. The second-order valence-electron chi connectivity index (χ2n) is 4.54. The lowest BCUT2D eigenvalue weighted by Crippen LogP contribution is -2.18. The van der Waals surface area contributed by atoms with Crippen LogP contribution < -0.4 is 14.8 Å². The predicted octanol–water partition coefficient (Wildman–Crippen LogP) is 3.03. The second-order valence-corrected chi connectivity index (χ2v) is 5.61. The number of thiazole rings is 1. The number of aryl methyl sites for hydroxylation is 1. The molecule has 0 aliphatic carbocycles. The van der Waals surface area contributed by atoms with Gasteiger partial charge in [-0.3, -0.25) is 0 Å². The molecule has 0 radical (unpaired) electrons. The molecule has 4 nitrogen and oxygen atoms in total. The van der Waals surface area contributed by atoms with Crippen LogP contribution >= 0.6 is 11.3 Å². The third-order valence-corrected chi connectivity index (χ3v) is 3.95. The van der Waals surface area contributed by atoms with Crippen molar-refractivity contribution in [1.82, 2.24) is 10.3 Å². The minimum Gasteiger partial charge on any atom is -0.454 e. The number of hydrogen-bond acceptors (Lipinski definition) is 5. The number of fused-ring (bicyclic) bond motifs is 1. The van der Waals surface area contributed by atoms with Gasteiger partial charge in [-0.25, -0.2) is 4.98 Å². The van der Waals surface area contributed by atoms with Crippen LogP contribution in [0.15, 0.2) is 23.6 Å². The molecule has 1 atom stereocenters. The van der Waals surface area contributed by atoms with Crippen LogP contribution in [-0.2, 0) is 6.54 Å². The fourth-order valence-electron chi connectivity index (χ4n) is 2.08. The van der Waals surface area contributed by atoms with Crippen molar-refractivity contribution in [2.24, 2.45) is 0 Å². The van der Waals surface area contributed by atoms with E-state index in [9.17, 15) is 0 Å². The van der Waals surface area contributed by atoms with Crippen molar-refractivity contribution in [2.75, 3.05) is 6.79 Å². The fraction of sp³-hybridized carbons (Fsp3) is 0.357. The van der Waals surface area contributed by atoms with Gasteiger partial charge in [-0.2, -0.15) is 0 Å². The number of benzene rings is 1. The molecule has 1 aliphatic heterocycles. The molecule has 1 aliphatic rings. The molecular formula is C14H16N2O2S. The van der Waals surface area contributed by atoms with Crippen LogP contribution in [0, 0.1) is 6.92 Å². The number of rotatable bonds is 4. The minimum atomic E-state index is 0.225. The van der Waals surface area contributed by atoms with Crippen LogP contribution in [-0.4, -0.2) is 11.8 Å². The Bertz CT molecular complexity index is 583. The maximum Gasteiger partial charge on any atom is 0.231 e. The molecule has 1 aromatic heterocycles. The number of nitrogens with zero attached hydrogens (tertiary/aromatic N) is 1. The normalized spacial score (nSPS) is 14.6. The zero-order valence-electron chi connectivity index (χ0n) is 11.0. The molecule has 2 aromatic rings. The zero-order valence-corrected chi connectivity index (χ0v) is 11.8. The Labute approximate surface area is 116 Å². The molecule has 0 saturated carbocycles. The number of aromatic nitrogens is 1. The maximum atomic E-state index is 5.50. The van der Waals surface area contributed by atoms with Crippen LogP contribution in [0.2, 0.25) is 0 Å². The molecule has 2 heterocycles. The number of ether oxygens (including phenoxy) is 2. The lowest BCUT2D eigenvalue weighted by atomic mass is 10.1. The highest BCUT2D eigenvalue weighted by Crippen LogP contribution is 2.35. The van der Waals surface area contributed by atoms with E-state index in [0.29, 0.717) is 6.79 Å². The van der Waals surface area contributed by atoms with Crippen molar-refractivity contribution in [3.05, 3.63) is 39.8 Å². The SMILES string of the molecule is Cc1nc(C(C)NCc2cccc3c2OCO3)cs1. The Morgan fingerprint density at radius 3 is 3.11 bits per heavy atom. The first-order valence-electron chi connectivity index (χ1n) is 6.27. The molecule has 0 saturated heterocycles. The van der Waals surface area contributed by atoms with Crippen LogP contribution in [0.3, 0.4) is 0 Å². The molecule has 3 rings (SSSR count). The number of hydrogen-bond donors (Lipinski definition) is 1. The van der Waals surface area contributed by atoms with Gasteiger partial charge in [0.05, 0.1) is 10.7 Å². The van der Waals surface area contributed by atoms with Crippen LogP contribution in [0.1, 0.15) is 29.2 Å². The summed E-state index contributed by atoms with van der Waals surface area (Å²) in [5, 5.41) is 6.66. The van der Waals surface area contributed by atoms with E-state index in [1.54, 1.807) is 11.3 Å². The average Bonchev–Trinajstić information content (AvgIpc) is 3.04. The van der Waals surface area contributed by atoms with Gasteiger partial charge in [-0.05, 0) is 19.9 Å². The third-order valence-electron chi connectivity index (χ3n) is 3.16. The lowest BCUT2D eigenvalue weighted by Gasteiger charge is -2.12. The molecule has 0 bridgehead atoms. The summed E-state index contributed by atoms with van der Waals surface area (Å²) in [5.41, 5.74) is 2.21. The maximum absolute atomic E-state index is 5.50. The summed E-state index contributed by atoms with van der Waals surface area (Å²) in [7, 11) is 0. The molecule has 0 fully saturated rings. The van der Waals surface area contributed by atoms with Crippen LogP contribution in [0.5, 0.6) is 11.5 Å². The largest absolute Gasteiger partial charge is 0.454 e. The molecule has 5 heteroatoms. The Kier molecular flexibility index (Phi) is 3.40. The van der Waals surface area contributed by atoms with E-state index in [0.717, 1.165) is 34.3 Å². The fourth-order valence-corrected chi connectivity index (χ4v) is 2.78. The topological polar surface area (TPSA) is 43.4 Å². The Balaban J connectivity index is 1.68. The quantitative estimate of drug-likeness (QED) is 0.932. The van der Waals surface area contributed by atoms with Gasteiger partial charge in [-0.1, -0.05) is 12.1 Å². The molecule has 19 heavy (non-hydrogen) atoms. The van der Waals surface area contributed by atoms with E-state index in [4.69, 9.17) is 9.47 Å². The van der Waals surface area contributed by atoms with Crippen molar-refractivity contribution < 1.29 is 9.47 Å². The predicted molar refractivity (Wildman–Crippen MR) is 74.7 cm³/mol. The van der Waals surface area contributed by atoms with E-state index >= 15 is 0 Å². The van der Waals surface area contributed by atoms with Gasteiger partial charge in [-0.15, -0.1) is 11.3 Å². The summed E-state index contributed by atoms with van der Waals surface area (Å²) in [5.74, 6) is 1.69. The first-order valence-corrected chi connectivity index (χ1v) is 7.15. The van der Waals surface area contributed by atoms with Crippen molar-refractivity contribution >= 4 is 11.3 Å². The molecule has 1 unspecified atom stereocenters. The molecule has 0 spiro atoms. The van der Waals surface area contributed by atoms with Crippen molar-refractivity contribution in [3.8, 4) is 11.5 Å². The number of para-hydroxylation sites is 1. The highest BCUT2D eigenvalue weighted by Gasteiger charge is 2.17. The monoisotopic (exact) mass is 276 g/mol. The average molecular weight is 276 g/mol. The lowest BCUT2D eigenvalue weighted by molar-refractivity contribution is 0.173. The summed E-state index contributed by atoms with van der Waals surface area (Å²) in [6, 6.07) is 6.20. The van der Waals surface area contributed by atoms with E-state index in [1.165, 1.54) is 0 Å². The van der Waals surface area contributed by atoms with Gasteiger partial charge in [0.2, 0.25) is 6.79 Å². The second kappa shape index (κ2) is 5.19. The molecule has 1 N–H and O–H groups in total. The summed E-state index contributed by atoms with van der Waals surface area (Å²) in [4.78, 5) is 4.50. The van der Waals surface area contributed by atoms with E-state index in [-0.39, 0.29) is 6.04 Å². The third kappa shape index (κ3) is 2.57. The smallest absolute Gasteiger partial charge is 0.231 e. The van der Waals surface area contributed by atoms with Gasteiger partial charge in [0, 0.05) is 23.5 Å². The van der Waals surface area contributed by atoms with Crippen LogP contribution in [0.4, 0.5) is 0 Å². The van der Waals surface area contributed by atoms with Crippen molar-refractivity contribution in [1.29, 1.82) is 0 Å². The molecule has 1 aromatic carbocycles. The van der Waals surface area contributed by atoms with Gasteiger partial charge >= 0.3 is 0 Å². The summed E-state index contributed by atoms with van der Waals surface area (Å²) in [6.45, 7) is 5.20. The Morgan fingerprint density at radius 1 is 1.42 bits per heavy atom. The van der Waals surface area contributed by atoms with Crippen LogP contribution in [0.25, 0.3) is 0 Å². The Hall–Kier alpha value is -1.59. The zero-order chi connectivity index (χ0) is 13.2. The molecule has 0 amide bonds. The van der Waals surface area contributed by atoms with Crippen molar-refractivity contribution in [3.63, 3.8) is 0 Å². The molecular weight excluding hydrogens is 260 g/mol. The molecule has 100 valence electrons. The summed E-state index contributed by atoms with van der Waals surface area (Å²) >= 11 is 1.68.